The third kappa shape index (κ3) is 3.27. The average molecular weight is 296 g/mol. The van der Waals surface area contributed by atoms with Crippen molar-refractivity contribution < 1.29 is 12.9 Å². The molecule has 0 spiro atoms. The van der Waals surface area contributed by atoms with E-state index < -0.39 is 10.0 Å². The van der Waals surface area contributed by atoms with Crippen LogP contribution in [0.15, 0.2) is 33.9 Å². The first kappa shape index (κ1) is 14.3. The summed E-state index contributed by atoms with van der Waals surface area (Å²) >= 11 is 0. The van der Waals surface area contributed by atoms with Crippen molar-refractivity contribution in [3.63, 3.8) is 0 Å². The van der Waals surface area contributed by atoms with Gasteiger partial charge >= 0.3 is 0 Å². The first-order valence-electron chi connectivity index (χ1n) is 6.18. The van der Waals surface area contributed by atoms with Crippen LogP contribution in [0.3, 0.4) is 0 Å². The number of sulfonamides is 1. The summed E-state index contributed by atoms with van der Waals surface area (Å²) in [5, 5.41) is 6.58. The van der Waals surface area contributed by atoms with Gasteiger partial charge in [0.15, 0.2) is 10.8 Å². The second-order valence-corrected chi connectivity index (χ2v) is 5.81. The van der Waals surface area contributed by atoms with E-state index >= 15 is 0 Å². The maximum absolute atomic E-state index is 12.3. The van der Waals surface area contributed by atoms with Gasteiger partial charge < -0.3 is 9.84 Å². The van der Waals surface area contributed by atoms with E-state index in [4.69, 9.17) is 4.52 Å². The minimum Gasteiger partial charge on any atom is -0.383 e. The number of nitrogens with one attached hydrogen (secondary N) is 2. The fourth-order valence-corrected chi connectivity index (χ4v) is 2.70. The summed E-state index contributed by atoms with van der Waals surface area (Å²) in [6.45, 7) is 4.34. The van der Waals surface area contributed by atoms with Gasteiger partial charge in [-0.1, -0.05) is 12.1 Å². The molecule has 2 rings (SSSR count). The van der Waals surface area contributed by atoms with Crippen LogP contribution in [0.1, 0.15) is 19.1 Å². The van der Waals surface area contributed by atoms with E-state index in [2.05, 4.69) is 20.2 Å². The highest BCUT2D eigenvalue weighted by atomic mass is 32.2. The van der Waals surface area contributed by atoms with Crippen LogP contribution in [-0.4, -0.2) is 25.1 Å². The number of rotatable bonds is 6. The molecule has 0 aliphatic carbocycles. The van der Waals surface area contributed by atoms with Gasteiger partial charge in [0.05, 0.1) is 5.69 Å². The molecule has 2 aromatic heterocycles. The molecule has 8 heteroatoms. The number of nitrogens with zero attached hydrogens (tertiary/aromatic N) is 2. The molecule has 0 saturated carbocycles. The smallest absolute Gasteiger partial charge is 0.282 e. The van der Waals surface area contributed by atoms with Crippen LogP contribution in [0.4, 0.5) is 11.5 Å². The topological polar surface area (TPSA) is 97.1 Å². The SMILES string of the molecule is CCCNc1cccnc1S(=O)(=O)Nc1cc(C)on1. The summed E-state index contributed by atoms with van der Waals surface area (Å²) in [5.74, 6) is 0.655. The van der Waals surface area contributed by atoms with E-state index in [1.54, 1.807) is 19.1 Å². The van der Waals surface area contributed by atoms with Crippen molar-refractivity contribution in [2.75, 3.05) is 16.6 Å². The maximum Gasteiger partial charge on any atom is 0.282 e. The second kappa shape index (κ2) is 5.91. The van der Waals surface area contributed by atoms with E-state index in [9.17, 15) is 8.42 Å². The minimum absolute atomic E-state index is 0.0610. The zero-order chi connectivity index (χ0) is 14.6. The van der Waals surface area contributed by atoms with E-state index in [0.717, 1.165) is 6.42 Å². The zero-order valence-electron chi connectivity index (χ0n) is 11.3. The molecule has 0 radical (unpaired) electrons. The van der Waals surface area contributed by atoms with E-state index in [1.165, 1.54) is 12.3 Å². The molecule has 0 bridgehead atoms. The van der Waals surface area contributed by atoms with Gasteiger partial charge in [0.1, 0.15) is 5.76 Å². The molecule has 108 valence electrons. The molecule has 0 amide bonds. The normalized spacial score (nSPS) is 11.3. The lowest BCUT2D eigenvalue weighted by Gasteiger charge is -2.10. The standard InChI is InChI=1S/C12H16N4O3S/c1-3-6-13-10-5-4-7-14-12(10)20(17,18)16-11-8-9(2)19-15-11/h4-5,7-8,13H,3,6H2,1-2H3,(H,15,16). The number of aromatic nitrogens is 2. The molecule has 20 heavy (non-hydrogen) atoms. The third-order valence-corrected chi connectivity index (χ3v) is 3.77. The molecule has 2 N–H and O–H groups in total. The molecular weight excluding hydrogens is 280 g/mol. The second-order valence-electron chi connectivity index (χ2n) is 4.21. The number of pyridine rings is 1. The lowest BCUT2D eigenvalue weighted by molar-refractivity contribution is 0.400. The Hall–Kier alpha value is -2.09. The Morgan fingerprint density at radius 3 is 2.85 bits per heavy atom. The molecular formula is C12H16N4O3S. The van der Waals surface area contributed by atoms with Crippen LogP contribution in [0.5, 0.6) is 0 Å². The minimum atomic E-state index is -3.81. The molecule has 0 atom stereocenters. The molecule has 0 saturated heterocycles. The molecule has 2 aromatic rings. The Bertz CT molecular complexity index is 682. The van der Waals surface area contributed by atoms with Crippen molar-refractivity contribution in [2.45, 2.75) is 25.3 Å². The van der Waals surface area contributed by atoms with Crippen molar-refractivity contribution in [1.82, 2.24) is 10.1 Å². The number of hydrogen-bond donors (Lipinski definition) is 2. The van der Waals surface area contributed by atoms with Crippen LogP contribution in [-0.2, 0) is 10.0 Å². The molecule has 7 nitrogen and oxygen atoms in total. The summed E-state index contributed by atoms with van der Waals surface area (Å²) in [7, 11) is -3.81. The summed E-state index contributed by atoms with van der Waals surface area (Å²) < 4.78 is 31.8. The van der Waals surface area contributed by atoms with E-state index in [-0.39, 0.29) is 10.8 Å². The number of hydrogen-bond acceptors (Lipinski definition) is 6. The van der Waals surface area contributed by atoms with Crippen molar-refractivity contribution in [3.05, 3.63) is 30.2 Å². The molecule has 0 unspecified atom stereocenters. The van der Waals surface area contributed by atoms with Crippen LogP contribution in [0.25, 0.3) is 0 Å². The largest absolute Gasteiger partial charge is 0.383 e. The lowest BCUT2D eigenvalue weighted by Crippen LogP contribution is -2.17. The highest BCUT2D eigenvalue weighted by Crippen LogP contribution is 2.21. The lowest BCUT2D eigenvalue weighted by atomic mass is 10.4. The van der Waals surface area contributed by atoms with Crippen LogP contribution in [0, 0.1) is 6.92 Å². The number of anilines is 2. The summed E-state index contributed by atoms with van der Waals surface area (Å²) in [6, 6.07) is 4.85. The molecule has 0 aliphatic rings. The molecule has 0 aliphatic heterocycles. The highest BCUT2D eigenvalue weighted by molar-refractivity contribution is 7.92. The molecule has 0 aromatic carbocycles. The van der Waals surface area contributed by atoms with Crippen LogP contribution in [0.2, 0.25) is 0 Å². The maximum atomic E-state index is 12.3. The molecule has 2 heterocycles. The highest BCUT2D eigenvalue weighted by Gasteiger charge is 2.21. The fraction of sp³-hybridized carbons (Fsp3) is 0.333. The Morgan fingerprint density at radius 1 is 1.40 bits per heavy atom. The van der Waals surface area contributed by atoms with Gasteiger partial charge in [-0.15, -0.1) is 0 Å². The Labute approximate surface area is 117 Å². The van der Waals surface area contributed by atoms with Crippen LogP contribution >= 0.6 is 0 Å². The van der Waals surface area contributed by atoms with Crippen molar-refractivity contribution in [2.24, 2.45) is 0 Å². The molecule has 0 fully saturated rings. The van der Waals surface area contributed by atoms with Gasteiger partial charge in [0.25, 0.3) is 10.0 Å². The summed E-state index contributed by atoms with van der Waals surface area (Å²) in [4.78, 5) is 3.93. The monoisotopic (exact) mass is 296 g/mol. The Morgan fingerprint density at radius 2 is 2.20 bits per heavy atom. The zero-order valence-corrected chi connectivity index (χ0v) is 12.1. The van der Waals surface area contributed by atoms with Crippen molar-refractivity contribution in [1.29, 1.82) is 0 Å². The quantitative estimate of drug-likeness (QED) is 0.846. The van der Waals surface area contributed by atoms with Gasteiger partial charge in [-0.2, -0.15) is 8.42 Å². The summed E-state index contributed by atoms with van der Waals surface area (Å²) in [6.07, 6.45) is 2.31. The van der Waals surface area contributed by atoms with Gasteiger partial charge in [-0.25, -0.2) is 4.98 Å². The van der Waals surface area contributed by atoms with Gasteiger partial charge in [-0.05, 0) is 25.5 Å². The van der Waals surface area contributed by atoms with E-state index in [0.29, 0.717) is 18.0 Å². The van der Waals surface area contributed by atoms with Crippen molar-refractivity contribution in [3.8, 4) is 0 Å². The summed E-state index contributed by atoms with van der Waals surface area (Å²) in [5.41, 5.74) is 0.460. The van der Waals surface area contributed by atoms with Crippen LogP contribution < -0.4 is 10.0 Å². The fourth-order valence-electron chi connectivity index (χ4n) is 1.60. The third-order valence-electron chi connectivity index (χ3n) is 2.46. The first-order chi connectivity index (χ1) is 9.53. The van der Waals surface area contributed by atoms with Gasteiger partial charge in [-0.3, -0.25) is 4.72 Å². The Balaban J connectivity index is 2.29. The predicted octanol–water partition coefficient (Wildman–Crippen LogP) is 2.00. The van der Waals surface area contributed by atoms with Gasteiger partial charge in [0, 0.05) is 18.8 Å². The predicted molar refractivity (Wildman–Crippen MR) is 75.1 cm³/mol. The van der Waals surface area contributed by atoms with Gasteiger partial charge in [0.2, 0.25) is 0 Å². The average Bonchev–Trinajstić information content (AvgIpc) is 2.81. The first-order valence-corrected chi connectivity index (χ1v) is 7.66. The van der Waals surface area contributed by atoms with E-state index in [1.807, 2.05) is 6.92 Å². The number of aryl methyl sites for hydroxylation is 1. The Kier molecular flexibility index (Phi) is 4.23. The van der Waals surface area contributed by atoms with Crippen molar-refractivity contribution >= 4 is 21.5 Å².